The Kier molecular flexibility index (Phi) is 5.70. The van der Waals surface area contributed by atoms with Gasteiger partial charge in [-0.2, -0.15) is 0 Å². The second kappa shape index (κ2) is 8.40. The standard InChI is InChI=1S/C25H30N2O2/c1-17-10-12-20(13-11-17)25(29)27-14-6-9-21(16-27)24(28)26-23(22-15-18(22)2)19-7-4-3-5-8-19/h3-5,7-8,10-13,18,21-23H,6,9,14-16H2,1-2H3,(H,26,28). The molecule has 0 radical (unpaired) electrons. The van der Waals surface area contributed by atoms with E-state index in [1.165, 1.54) is 5.56 Å². The second-order valence-corrected chi connectivity index (χ2v) is 8.73. The molecule has 1 saturated carbocycles. The third kappa shape index (κ3) is 4.52. The molecular weight excluding hydrogens is 360 g/mol. The average Bonchev–Trinajstić information content (AvgIpc) is 3.48. The van der Waals surface area contributed by atoms with Gasteiger partial charge in [0.25, 0.3) is 5.91 Å². The van der Waals surface area contributed by atoms with Crippen LogP contribution in [0.25, 0.3) is 0 Å². The molecule has 4 atom stereocenters. The monoisotopic (exact) mass is 390 g/mol. The molecule has 4 unspecified atom stereocenters. The molecular formula is C25H30N2O2. The van der Waals surface area contributed by atoms with Crippen molar-refractivity contribution in [1.82, 2.24) is 10.2 Å². The molecule has 1 aliphatic carbocycles. The Bertz CT molecular complexity index is 862. The molecule has 2 fully saturated rings. The van der Waals surface area contributed by atoms with E-state index in [1.54, 1.807) is 0 Å². The summed E-state index contributed by atoms with van der Waals surface area (Å²) in [6.45, 7) is 5.48. The number of nitrogens with zero attached hydrogens (tertiary/aromatic N) is 1. The van der Waals surface area contributed by atoms with E-state index >= 15 is 0 Å². The number of hydrogen-bond acceptors (Lipinski definition) is 2. The zero-order chi connectivity index (χ0) is 20.4. The predicted octanol–water partition coefficient (Wildman–Crippen LogP) is 4.36. The molecule has 4 heteroatoms. The zero-order valence-corrected chi connectivity index (χ0v) is 17.3. The van der Waals surface area contributed by atoms with E-state index in [9.17, 15) is 9.59 Å². The highest BCUT2D eigenvalue weighted by atomic mass is 16.2. The molecule has 4 rings (SSSR count). The topological polar surface area (TPSA) is 49.4 Å². The number of aryl methyl sites for hydroxylation is 1. The summed E-state index contributed by atoms with van der Waals surface area (Å²) in [5, 5.41) is 3.33. The lowest BCUT2D eigenvalue weighted by atomic mass is 9.94. The van der Waals surface area contributed by atoms with Gasteiger partial charge in [0.15, 0.2) is 0 Å². The minimum Gasteiger partial charge on any atom is -0.349 e. The van der Waals surface area contributed by atoms with Crippen molar-refractivity contribution in [3.05, 3.63) is 71.3 Å². The normalized spacial score (nSPS) is 24.6. The van der Waals surface area contributed by atoms with Crippen molar-refractivity contribution >= 4 is 11.8 Å². The molecule has 2 aromatic rings. The van der Waals surface area contributed by atoms with Crippen LogP contribution in [0.15, 0.2) is 54.6 Å². The molecule has 2 aliphatic rings. The van der Waals surface area contributed by atoms with Crippen molar-refractivity contribution in [2.45, 2.75) is 39.2 Å². The lowest BCUT2D eigenvalue weighted by Crippen LogP contribution is -2.46. The predicted molar refractivity (Wildman–Crippen MR) is 114 cm³/mol. The van der Waals surface area contributed by atoms with E-state index in [2.05, 4.69) is 24.4 Å². The number of carbonyl (C=O) groups is 2. The largest absolute Gasteiger partial charge is 0.349 e. The minimum absolute atomic E-state index is 0.0259. The van der Waals surface area contributed by atoms with Crippen LogP contribution in [0, 0.1) is 24.7 Å². The first-order valence-corrected chi connectivity index (χ1v) is 10.7. The molecule has 1 heterocycles. The fourth-order valence-corrected chi connectivity index (χ4v) is 4.44. The van der Waals surface area contributed by atoms with Gasteiger partial charge in [-0.05, 0) is 55.7 Å². The van der Waals surface area contributed by atoms with Crippen molar-refractivity contribution in [3.63, 3.8) is 0 Å². The van der Waals surface area contributed by atoms with Crippen molar-refractivity contribution < 1.29 is 9.59 Å². The molecule has 2 amide bonds. The van der Waals surface area contributed by atoms with Gasteiger partial charge >= 0.3 is 0 Å². The third-order valence-electron chi connectivity index (χ3n) is 6.43. The second-order valence-electron chi connectivity index (χ2n) is 8.73. The molecule has 0 bridgehead atoms. The number of piperidine rings is 1. The maximum absolute atomic E-state index is 13.1. The summed E-state index contributed by atoms with van der Waals surface area (Å²) >= 11 is 0. The van der Waals surface area contributed by atoms with Gasteiger partial charge in [-0.15, -0.1) is 0 Å². The molecule has 152 valence electrons. The van der Waals surface area contributed by atoms with E-state index in [1.807, 2.05) is 54.3 Å². The highest BCUT2D eigenvalue weighted by Gasteiger charge is 2.42. The number of carbonyl (C=O) groups excluding carboxylic acids is 2. The number of nitrogens with one attached hydrogen (secondary N) is 1. The Morgan fingerprint density at radius 3 is 2.41 bits per heavy atom. The first kappa shape index (κ1) is 19.7. The molecule has 0 spiro atoms. The SMILES string of the molecule is Cc1ccc(C(=O)N2CCCC(C(=O)NC(c3ccccc3)C3CC3C)C2)cc1. The average molecular weight is 391 g/mol. The highest BCUT2D eigenvalue weighted by Crippen LogP contribution is 2.47. The first-order chi connectivity index (χ1) is 14.0. The fourth-order valence-electron chi connectivity index (χ4n) is 4.44. The van der Waals surface area contributed by atoms with Crippen LogP contribution in [0.5, 0.6) is 0 Å². The summed E-state index contributed by atoms with van der Waals surface area (Å²) in [5.41, 5.74) is 3.02. The van der Waals surface area contributed by atoms with Crippen molar-refractivity contribution in [3.8, 4) is 0 Å². The molecule has 2 aromatic carbocycles. The number of benzene rings is 2. The Balaban J connectivity index is 1.42. The summed E-state index contributed by atoms with van der Waals surface area (Å²) in [7, 11) is 0. The maximum atomic E-state index is 13.1. The van der Waals surface area contributed by atoms with E-state index in [-0.39, 0.29) is 23.8 Å². The molecule has 29 heavy (non-hydrogen) atoms. The summed E-state index contributed by atoms with van der Waals surface area (Å²) in [6.07, 6.45) is 2.86. The Morgan fingerprint density at radius 1 is 1.07 bits per heavy atom. The van der Waals surface area contributed by atoms with E-state index < -0.39 is 0 Å². The Morgan fingerprint density at radius 2 is 1.76 bits per heavy atom. The van der Waals surface area contributed by atoms with E-state index in [0.717, 1.165) is 31.4 Å². The minimum atomic E-state index is -0.140. The van der Waals surface area contributed by atoms with Crippen molar-refractivity contribution in [2.24, 2.45) is 17.8 Å². The van der Waals surface area contributed by atoms with Gasteiger partial charge in [0, 0.05) is 18.7 Å². The number of hydrogen-bond donors (Lipinski definition) is 1. The lowest BCUT2D eigenvalue weighted by Gasteiger charge is -2.33. The lowest BCUT2D eigenvalue weighted by molar-refractivity contribution is -0.127. The van der Waals surface area contributed by atoms with Crippen molar-refractivity contribution in [2.75, 3.05) is 13.1 Å². The molecule has 0 aromatic heterocycles. The Labute approximate surface area is 173 Å². The van der Waals surface area contributed by atoms with Gasteiger partial charge in [0.1, 0.15) is 0 Å². The van der Waals surface area contributed by atoms with Gasteiger partial charge in [-0.1, -0.05) is 55.0 Å². The zero-order valence-electron chi connectivity index (χ0n) is 17.3. The van der Waals surface area contributed by atoms with Crippen LogP contribution in [0.2, 0.25) is 0 Å². The third-order valence-corrected chi connectivity index (χ3v) is 6.43. The van der Waals surface area contributed by atoms with Crippen LogP contribution in [0.1, 0.15) is 53.7 Å². The summed E-state index contributed by atoms with van der Waals surface area (Å²) in [4.78, 5) is 27.8. The van der Waals surface area contributed by atoms with Crippen LogP contribution in [-0.2, 0) is 4.79 Å². The van der Waals surface area contributed by atoms with Crippen LogP contribution >= 0.6 is 0 Å². The fraction of sp³-hybridized carbons (Fsp3) is 0.440. The van der Waals surface area contributed by atoms with Crippen LogP contribution in [0.3, 0.4) is 0 Å². The number of rotatable bonds is 5. The van der Waals surface area contributed by atoms with Gasteiger partial charge in [-0.3, -0.25) is 9.59 Å². The van der Waals surface area contributed by atoms with Gasteiger partial charge < -0.3 is 10.2 Å². The summed E-state index contributed by atoms with van der Waals surface area (Å²) in [6, 6.07) is 18.0. The van der Waals surface area contributed by atoms with Gasteiger partial charge in [0.05, 0.1) is 12.0 Å². The first-order valence-electron chi connectivity index (χ1n) is 10.7. The number of amides is 2. The summed E-state index contributed by atoms with van der Waals surface area (Å²) in [5.74, 6) is 1.12. The molecule has 1 N–H and O–H groups in total. The van der Waals surface area contributed by atoms with E-state index in [4.69, 9.17) is 0 Å². The number of likely N-dealkylation sites (tertiary alicyclic amines) is 1. The van der Waals surface area contributed by atoms with E-state index in [0.29, 0.717) is 23.9 Å². The quantitative estimate of drug-likeness (QED) is 0.825. The molecule has 1 saturated heterocycles. The van der Waals surface area contributed by atoms with Gasteiger partial charge in [-0.25, -0.2) is 0 Å². The van der Waals surface area contributed by atoms with Crippen LogP contribution < -0.4 is 5.32 Å². The van der Waals surface area contributed by atoms with Gasteiger partial charge in [0.2, 0.25) is 5.91 Å². The van der Waals surface area contributed by atoms with Crippen LogP contribution in [-0.4, -0.2) is 29.8 Å². The van der Waals surface area contributed by atoms with Crippen molar-refractivity contribution in [1.29, 1.82) is 0 Å². The molecule has 1 aliphatic heterocycles. The summed E-state index contributed by atoms with van der Waals surface area (Å²) < 4.78 is 0. The Hall–Kier alpha value is -2.62. The highest BCUT2D eigenvalue weighted by molar-refractivity contribution is 5.94. The smallest absolute Gasteiger partial charge is 0.253 e. The van der Waals surface area contributed by atoms with Crippen LogP contribution in [0.4, 0.5) is 0 Å². The maximum Gasteiger partial charge on any atom is 0.253 e. The molecule has 4 nitrogen and oxygen atoms in total.